The van der Waals surface area contributed by atoms with E-state index in [4.69, 9.17) is 9.05 Å². The molecular formula is C23H26N4O5. The number of benzene rings is 1. The monoisotopic (exact) mass is 438 g/mol. The van der Waals surface area contributed by atoms with Crippen LogP contribution in [-0.4, -0.2) is 50.8 Å². The van der Waals surface area contributed by atoms with Gasteiger partial charge < -0.3 is 24.4 Å². The van der Waals surface area contributed by atoms with Crippen molar-refractivity contribution in [3.8, 4) is 11.1 Å². The molecular weight excluding hydrogens is 412 g/mol. The van der Waals surface area contributed by atoms with Crippen LogP contribution in [0.1, 0.15) is 34.9 Å². The maximum atomic E-state index is 12.8. The van der Waals surface area contributed by atoms with Gasteiger partial charge in [0.1, 0.15) is 17.6 Å². The Bertz CT molecular complexity index is 1100. The van der Waals surface area contributed by atoms with E-state index < -0.39 is 12.1 Å². The highest BCUT2D eigenvalue weighted by atomic mass is 16.5. The Morgan fingerprint density at radius 1 is 1.16 bits per heavy atom. The van der Waals surface area contributed by atoms with Gasteiger partial charge >= 0.3 is 0 Å². The van der Waals surface area contributed by atoms with Gasteiger partial charge in [0.15, 0.2) is 0 Å². The summed E-state index contributed by atoms with van der Waals surface area (Å²) in [5.41, 5.74) is 4.39. The minimum atomic E-state index is -0.736. The highest BCUT2D eigenvalue weighted by molar-refractivity contribution is 5.89. The van der Waals surface area contributed by atoms with E-state index in [1.807, 2.05) is 38.1 Å². The number of aryl methyl sites for hydroxylation is 3. The first kappa shape index (κ1) is 21.8. The maximum Gasteiger partial charge on any atom is 0.243 e. The standard InChI is InChI=1S/C23H26N4O5/c1-13-8-19(32-25-13)10-21(29)27-12-18(28)9-20(27)23(30)24-11-16-4-6-17(7-5-16)22-14(2)26-31-15(22)3/h4-8,18,20,28H,9-12H2,1-3H3,(H,24,30)/t18-,20+/m1/s1. The van der Waals surface area contributed by atoms with E-state index in [-0.39, 0.29) is 31.2 Å². The van der Waals surface area contributed by atoms with Crippen molar-refractivity contribution in [2.45, 2.75) is 52.3 Å². The zero-order valence-electron chi connectivity index (χ0n) is 18.3. The van der Waals surface area contributed by atoms with E-state index in [0.29, 0.717) is 18.0 Å². The number of aliphatic hydroxyl groups is 1. The lowest BCUT2D eigenvalue weighted by Gasteiger charge is -2.23. The number of rotatable bonds is 6. The van der Waals surface area contributed by atoms with Crippen LogP contribution in [0, 0.1) is 20.8 Å². The molecule has 0 radical (unpaired) electrons. The lowest BCUT2D eigenvalue weighted by atomic mass is 10.0. The molecule has 2 atom stereocenters. The first-order valence-electron chi connectivity index (χ1n) is 10.5. The van der Waals surface area contributed by atoms with Gasteiger partial charge in [0, 0.05) is 31.1 Å². The van der Waals surface area contributed by atoms with E-state index in [1.165, 1.54) is 4.90 Å². The average molecular weight is 438 g/mol. The van der Waals surface area contributed by atoms with E-state index in [2.05, 4.69) is 15.6 Å². The zero-order chi connectivity index (χ0) is 22.8. The van der Waals surface area contributed by atoms with Gasteiger partial charge in [-0.1, -0.05) is 34.6 Å². The zero-order valence-corrected chi connectivity index (χ0v) is 18.3. The fourth-order valence-corrected chi connectivity index (χ4v) is 4.08. The summed E-state index contributed by atoms with van der Waals surface area (Å²) in [6.45, 7) is 5.98. The molecule has 0 spiro atoms. The summed E-state index contributed by atoms with van der Waals surface area (Å²) in [6.07, 6.45) is -0.529. The van der Waals surface area contributed by atoms with Crippen molar-refractivity contribution in [1.82, 2.24) is 20.5 Å². The van der Waals surface area contributed by atoms with Gasteiger partial charge in [-0.15, -0.1) is 0 Å². The summed E-state index contributed by atoms with van der Waals surface area (Å²) in [5.74, 6) is 0.625. The number of likely N-dealkylation sites (tertiary alicyclic amines) is 1. The predicted molar refractivity (Wildman–Crippen MR) is 114 cm³/mol. The van der Waals surface area contributed by atoms with Crippen molar-refractivity contribution in [1.29, 1.82) is 0 Å². The molecule has 2 aromatic heterocycles. The molecule has 2 N–H and O–H groups in total. The Hall–Kier alpha value is -3.46. The number of aliphatic hydroxyl groups excluding tert-OH is 1. The normalized spacial score (nSPS) is 18.2. The molecule has 1 fully saturated rings. The van der Waals surface area contributed by atoms with Crippen LogP contribution >= 0.6 is 0 Å². The van der Waals surface area contributed by atoms with Crippen LogP contribution in [0.5, 0.6) is 0 Å². The number of carbonyl (C=O) groups is 2. The molecule has 1 aromatic carbocycles. The average Bonchev–Trinajstić information content (AvgIpc) is 3.45. The van der Waals surface area contributed by atoms with Gasteiger partial charge in [-0.05, 0) is 31.9 Å². The Morgan fingerprint density at radius 2 is 1.91 bits per heavy atom. The molecule has 0 unspecified atom stereocenters. The lowest BCUT2D eigenvalue weighted by Crippen LogP contribution is -2.46. The Balaban J connectivity index is 1.37. The molecule has 168 valence electrons. The molecule has 0 saturated carbocycles. The fraction of sp³-hybridized carbons (Fsp3) is 0.391. The molecule has 32 heavy (non-hydrogen) atoms. The van der Waals surface area contributed by atoms with Crippen molar-refractivity contribution < 1.29 is 23.7 Å². The summed E-state index contributed by atoms with van der Waals surface area (Å²) in [7, 11) is 0. The van der Waals surface area contributed by atoms with Crippen molar-refractivity contribution >= 4 is 11.8 Å². The second-order valence-electron chi connectivity index (χ2n) is 8.18. The highest BCUT2D eigenvalue weighted by Gasteiger charge is 2.38. The SMILES string of the molecule is Cc1cc(CC(=O)N2C[C@H](O)C[C@H]2C(=O)NCc2ccc(-c3c(C)noc3C)cc2)on1. The smallest absolute Gasteiger partial charge is 0.243 e. The third kappa shape index (κ3) is 4.57. The van der Waals surface area contributed by atoms with Crippen LogP contribution in [0.4, 0.5) is 0 Å². The summed E-state index contributed by atoms with van der Waals surface area (Å²) in [4.78, 5) is 26.9. The number of nitrogens with one attached hydrogen (secondary N) is 1. The summed E-state index contributed by atoms with van der Waals surface area (Å²) >= 11 is 0. The summed E-state index contributed by atoms with van der Waals surface area (Å²) in [6, 6.07) is 8.75. The molecule has 0 bridgehead atoms. The minimum Gasteiger partial charge on any atom is -0.391 e. The Morgan fingerprint density at radius 3 is 2.53 bits per heavy atom. The van der Waals surface area contributed by atoms with E-state index in [1.54, 1.807) is 13.0 Å². The fourth-order valence-electron chi connectivity index (χ4n) is 4.08. The van der Waals surface area contributed by atoms with Crippen molar-refractivity contribution in [2.24, 2.45) is 0 Å². The van der Waals surface area contributed by atoms with Gasteiger partial charge in [0.05, 0.1) is 23.9 Å². The first-order chi connectivity index (χ1) is 15.3. The summed E-state index contributed by atoms with van der Waals surface area (Å²) < 4.78 is 10.3. The number of β-amino-alcohol motifs (C(OH)–C–C–N with tert-alkyl or cyclic N) is 1. The predicted octanol–water partition coefficient (Wildman–Crippen LogP) is 2.08. The van der Waals surface area contributed by atoms with Crippen LogP contribution in [-0.2, 0) is 22.6 Å². The maximum absolute atomic E-state index is 12.8. The molecule has 0 aliphatic carbocycles. The van der Waals surface area contributed by atoms with Crippen LogP contribution < -0.4 is 5.32 Å². The Labute approximate surface area is 185 Å². The third-order valence-electron chi connectivity index (χ3n) is 5.65. The van der Waals surface area contributed by atoms with Gasteiger partial charge in [0.25, 0.3) is 0 Å². The van der Waals surface area contributed by atoms with E-state index in [0.717, 1.165) is 28.1 Å². The number of nitrogens with zero attached hydrogens (tertiary/aromatic N) is 3. The molecule has 1 aliphatic rings. The van der Waals surface area contributed by atoms with E-state index in [9.17, 15) is 14.7 Å². The first-order valence-corrected chi connectivity index (χ1v) is 10.5. The number of amides is 2. The lowest BCUT2D eigenvalue weighted by molar-refractivity contribution is -0.138. The second-order valence-corrected chi connectivity index (χ2v) is 8.18. The quantitative estimate of drug-likeness (QED) is 0.604. The van der Waals surface area contributed by atoms with Gasteiger partial charge in [-0.2, -0.15) is 0 Å². The van der Waals surface area contributed by atoms with Crippen molar-refractivity contribution in [3.05, 3.63) is 58.8 Å². The molecule has 2 amide bonds. The number of hydrogen-bond donors (Lipinski definition) is 2. The topological polar surface area (TPSA) is 122 Å². The minimum absolute atomic E-state index is 0.000500. The van der Waals surface area contributed by atoms with Crippen LogP contribution in [0.15, 0.2) is 39.4 Å². The molecule has 1 saturated heterocycles. The Kier molecular flexibility index (Phi) is 6.09. The number of aromatic nitrogens is 2. The van der Waals surface area contributed by atoms with Gasteiger partial charge in [0.2, 0.25) is 11.8 Å². The third-order valence-corrected chi connectivity index (χ3v) is 5.65. The van der Waals surface area contributed by atoms with Gasteiger partial charge in [-0.25, -0.2) is 0 Å². The molecule has 9 heteroatoms. The molecule has 4 rings (SSSR count). The number of carbonyl (C=O) groups excluding carboxylic acids is 2. The second kappa shape index (κ2) is 8.96. The highest BCUT2D eigenvalue weighted by Crippen LogP contribution is 2.27. The summed E-state index contributed by atoms with van der Waals surface area (Å²) in [5, 5.41) is 20.7. The van der Waals surface area contributed by atoms with Crippen molar-refractivity contribution in [2.75, 3.05) is 6.54 Å². The number of hydrogen-bond acceptors (Lipinski definition) is 7. The largest absolute Gasteiger partial charge is 0.391 e. The molecule has 1 aliphatic heterocycles. The van der Waals surface area contributed by atoms with E-state index >= 15 is 0 Å². The van der Waals surface area contributed by atoms with Gasteiger partial charge in [-0.3, -0.25) is 9.59 Å². The molecule has 3 heterocycles. The van der Waals surface area contributed by atoms with Crippen LogP contribution in [0.2, 0.25) is 0 Å². The van der Waals surface area contributed by atoms with Crippen LogP contribution in [0.3, 0.4) is 0 Å². The molecule has 3 aromatic rings. The van der Waals surface area contributed by atoms with Crippen LogP contribution in [0.25, 0.3) is 11.1 Å². The van der Waals surface area contributed by atoms with Crippen molar-refractivity contribution in [3.63, 3.8) is 0 Å². The molecule has 9 nitrogen and oxygen atoms in total.